The van der Waals surface area contributed by atoms with Crippen molar-refractivity contribution in [3.8, 4) is 0 Å². The average molecular weight is 205 g/mol. The normalized spacial score (nSPS) is 17.6. The summed E-state index contributed by atoms with van der Waals surface area (Å²) in [5, 5.41) is 0. The van der Waals surface area contributed by atoms with Gasteiger partial charge in [0.15, 0.2) is 0 Å². The standard InChI is InChI=1S/C9H19NO2S/c1-4-5-7(2)12-8(11)9(3,10)6-13/h7,13H,4-6,10H2,1-3H3/t7?,9-/m0/s1. The molecule has 2 atom stereocenters. The second-order valence-electron chi connectivity index (χ2n) is 3.58. The van der Waals surface area contributed by atoms with Gasteiger partial charge >= 0.3 is 5.97 Å². The van der Waals surface area contributed by atoms with Crippen molar-refractivity contribution in [2.45, 2.75) is 45.3 Å². The minimum Gasteiger partial charge on any atom is -0.461 e. The third-order valence-electron chi connectivity index (χ3n) is 1.80. The third kappa shape index (κ3) is 4.52. The predicted octanol–water partition coefficient (Wildman–Crippen LogP) is 1.37. The highest BCUT2D eigenvalue weighted by molar-refractivity contribution is 7.80. The van der Waals surface area contributed by atoms with Gasteiger partial charge in [-0.05, 0) is 20.3 Å². The van der Waals surface area contributed by atoms with Crippen molar-refractivity contribution >= 4 is 18.6 Å². The van der Waals surface area contributed by atoms with Crippen LogP contribution in [-0.2, 0) is 9.53 Å². The molecule has 0 saturated carbocycles. The maximum atomic E-state index is 11.4. The molecule has 0 aromatic heterocycles. The van der Waals surface area contributed by atoms with Crippen LogP contribution in [0.5, 0.6) is 0 Å². The number of hydrogen-bond acceptors (Lipinski definition) is 4. The van der Waals surface area contributed by atoms with Gasteiger partial charge in [-0.15, -0.1) is 0 Å². The van der Waals surface area contributed by atoms with Crippen molar-refractivity contribution in [3.05, 3.63) is 0 Å². The highest BCUT2D eigenvalue weighted by Gasteiger charge is 2.29. The summed E-state index contributed by atoms with van der Waals surface area (Å²) in [5.74, 6) is -0.0755. The van der Waals surface area contributed by atoms with E-state index in [1.165, 1.54) is 0 Å². The van der Waals surface area contributed by atoms with Crippen molar-refractivity contribution < 1.29 is 9.53 Å². The molecule has 0 heterocycles. The van der Waals surface area contributed by atoms with Crippen LogP contribution in [-0.4, -0.2) is 23.4 Å². The summed E-state index contributed by atoms with van der Waals surface area (Å²) in [6.07, 6.45) is 1.81. The number of thiol groups is 1. The molecule has 2 N–H and O–H groups in total. The number of carbonyl (C=O) groups is 1. The summed E-state index contributed by atoms with van der Waals surface area (Å²) in [7, 11) is 0. The summed E-state index contributed by atoms with van der Waals surface area (Å²) in [6.45, 7) is 5.54. The van der Waals surface area contributed by atoms with Gasteiger partial charge in [0.25, 0.3) is 0 Å². The Hall–Kier alpha value is -0.220. The maximum absolute atomic E-state index is 11.4. The molecule has 0 aliphatic carbocycles. The predicted molar refractivity (Wildman–Crippen MR) is 56.9 cm³/mol. The molecule has 0 aromatic rings. The van der Waals surface area contributed by atoms with E-state index < -0.39 is 5.54 Å². The lowest BCUT2D eigenvalue weighted by atomic mass is 10.1. The quantitative estimate of drug-likeness (QED) is 0.526. The zero-order valence-corrected chi connectivity index (χ0v) is 9.43. The molecule has 0 amide bonds. The Labute approximate surface area is 85.4 Å². The van der Waals surface area contributed by atoms with Gasteiger partial charge in [0.2, 0.25) is 0 Å². The zero-order valence-electron chi connectivity index (χ0n) is 8.54. The average Bonchev–Trinajstić information content (AvgIpc) is 2.04. The minimum atomic E-state index is -0.967. The zero-order chi connectivity index (χ0) is 10.5. The number of nitrogens with two attached hydrogens (primary N) is 1. The molecular formula is C9H19NO2S. The highest BCUT2D eigenvalue weighted by Crippen LogP contribution is 2.09. The lowest BCUT2D eigenvalue weighted by Crippen LogP contribution is -2.48. The molecule has 0 rings (SSSR count). The molecule has 78 valence electrons. The van der Waals surface area contributed by atoms with E-state index >= 15 is 0 Å². The molecule has 13 heavy (non-hydrogen) atoms. The van der Waals surface area contributed by atoms with E-state index in [4.69, 9.17) is 10.5 Å². The van der Waals surface area contributed by atoms with Crippen molar-refractivity contribution in [2.24, 2.45) is 5.73 Å². The molecule has 0 aromatic carbocycles. The number of esters is 1. The monoisotopic (exact) mass is 205 g/mol. The van der Waals surface area contributed by atoms with Crippen molar-refractivity contribution in [3.63, 3.8) is 0 Å². The Morgan fingerprint density at radius 1 is 1.69 bits per heavy atom. The van der Waals surface area contributed by atoms with Gasteiger partial charge in [-0.25, -0.2) is 0 Å². The first-order chi connectivity index (χ1) is 5.94. The van der Waals surface area contributed by atoms with Crippen molar-refractivity contribution in [1.29, 1.82) is 0 Å². The van der Waals surface area contributed by atoms with Crippen LogP contribution >= 0.6 is 12.6 Å². The molecular weight excluding hydrogens is 186 g/mol. The third-order valence-corrected chi connectivity index (χ3v) is 2.46. The fourth-order valence-electron chi connectivity index (χ4n) is 0.847. The summed E-state index contributed by atoms with van der Waals surface area (Å²) in [6, 6.07) is 0. The molecule has 0 radical (unpaired) electrons. The largest absolute Gasteiger partial charge is 0.461 e. The van der Waals surface area contributed by atoms with Gasteiger partial charge in [-0.2, -0.15) is 12.6 Å². The molecule has 1 unspecified atom stereocenters. The fraction of sp³-hybridized carbons (Fsp3) is 0.889. The molecule has 0 saturated heterocycles. The Morgan fingerprint density at radius 3 is 2.62 bits per heavy atom. The van der Waals surface area contributed by atoms with E-state index in [0.29, 0.717) is 5.75 Å². The first-order valence-corrected chi connectivity index (χ1v) is 5.18. The number of carbonyl (C=O) groups excluding carboxylic acids is 1. The van der Waals surface area contributed by atoms with Gasteiger partial charge < -0.3 is 10.5 Å². The Bertz CT molecular complexity index is 171. The topological polar surface area (TPSA) is 52.3 Å². The molecule has 0 aliphatic heterocycles. The van der Waals surface area contributed by atoms with Crippen LogP contribution in [0.4, 0.5) is 0 Å². The van der Waals surface area contributed by atoms with E-state index in [1.54, 1.807) is 6.92 Å². The van der Waals surface area contributed by atoms with Crippen LogP contribution in [0.1, 0.15) is 33.6 Å². The molecule has 3 nitrogen and oxygen atoms in total. The van der Waals surface area contributed by atoms with Crippen LogP contribution in [0, 0.1) is 0 Å². The summed E-state index contributed by atoms with van der Waals surface area (Å²) in [4.78, 5) is 11.4. The number of rotatable bonds is 5. The van der Waals surface area contributed by atoms with E-state index in [-0.39, 0.29) is 12.1 Å². The first-order valence-electron chi connectivity index (χ1n) is 4.55. The molecule has 4 heteroatoms. The van der Waals surface area contributed by atoms with Crippen LogP contribution in [0.2, 0.25) is 0 Å². The van der Waals surface area contributed by atoms with Gasteiger partial charge in [0, 0.05) is 5.75 Å². The second-order valence-corrected chi connectivity index (χ2v) is 3.90. The van der Waals surface area contributed by atoms with Crippen LogP contribution in [0.25, 0.3) is 0 Å². The molecule has 0 spiro atoms. The number of hydrogen-bond donors (Lipinski definition) is 2. The Balaban J connectivity index is 3.99. The summed E-state index contributed by atoms with van der Waals surface area (Å²) in [5.41, 5.74) is 4.69. The van der Waals surface area contributed by atoms with Crippen LogP contribution < -0.4 is 5.73 Å². The van der Waals surface area contributed by atoms with E-state index in [0.717, 1.165) is 12.8 Å². The van der Waals surface area contributed by atoms with Gasteiger partial charge in [-0.3, -0.25) is 4.79 Å². The van der Waals surface area contributed by atoms with E-state index in [1.807, 2.05) is 13.8 Å². The fourth-order valence-corrected chi connectivity index (χ4v) is 0.976. The summed E-state index contributed by atoms with van der Waals surface area (Å²) < 4.78 is 5.13. The van der Waals surface area contributed by atoms with E-state index in [9.17, 15) is 4.79 Å². The number of ether oxygens (including phenoxy) is 1. The maximum Gasteiger partial charge on any atom is 0.326 e. The lowest BCUT2D eigenvalue weighted by Gasteiger charge is -2.22. The van der Waals surface area contributed by atoms with Gasteiger partial charge in [-0.1, -0.05) is 13.3 Å². The lowest BCUT2D eigenvalue weighted by molar-refractivity contribution is -0.153. The molecule has 0 fully saturated rings. The second kappa shape index (κ2) is 5.50. The van der Waals surface area contributed by atoms with E-state index in [2.05, 4.69) is 12.6 Å². The Kier molecular flexibility index (Phi) is 5.40. The van der Waals surface area contributed by atoms with Crippen LogP contribution in [0.3, 0.4) is 0 Å². The SMILES string of the molecule is CCCC(C)OC(=O)[C@@](C)(N)CS. The first kappa shape index (κ1) is 12.8. The van der Waals surface area contributed by atoms with Gasteiger partial charge in [0.05, 0.1) is 6.10 Å². The minimum absolute atomic E-state index is 0.0553. The van der Waals surface area contributed by atoms with Crippen molar-refractivity contribution in [2.75, 3.05) is 5.75 Å². The van der Waals surface area contributed by atoms with Crippen LogP contribution in [0.15, 0.2) is 0 Å². The smallest absolute Gasteiger partial charge is 0.326 e. The molecule has 0 bridgehead atoms. The summed E-state index contributed by atoms with van der Waals surface area (Å²) >= 11 is 3.99. The Morgan fingerprint density at radius 2 is 2.23 bits per heavy atom. The van der Waals surface area contributed by atoms with Crippen molar-refractivity contribution in [1.82, 2.24) is 0 Å². The molecule has 0 aliphatic rings. The van der Waals surface area contributed by atoms with Gasteiger partial charge in [0.1, 0.15) is 5.54 Å². The highest BCUT2D eigenvalue weighted by atomic mass is 32.1.